The minimum atomic E-state index is -0.357. The van der Waals surface area contributed by atoms with E-state index in [1.807, 2.05) is 25.1 Å². The highest BCUT2D eigenvalue weighted by molar-refractivity contribution is 9.10. The van der Waals surface area contributed by atoms with E-state index in [2.05, 4.69) is 15.9 Å². The van der Waals surface area contributed by atoms with Gasteiger partial charge < -0.3 is 4.74 Å². The van der Waals surface area contributed by atoms with E-state index in [4.69, 9.17) is 4.74 Å². The number of Topliss-reactive ketones (excluding diaryl/α,β-unsaturated/α-hetero) is 1. The summed E-state index contributed by atoms with van der Waals surface area (Å²) in [6.45, 7) is 1.80. The largest absolute Gasteiger partial charge is 0.484 e. The maximum Gasteiger partial charge on any atom is 0.200 e. The molecule has 0 atom stereocenters. The molecule has 0 aliphatic carbocycles. The average molecular weight is 323 g/mol. The van der Waals surface area contributed by atoms with E-state index >= 15 is 0 Å². The van der Waals surface area contributed by atoms with Crippen LogP contribution in [0.15, 0.2) is 46.9 Å². The van der Waals surface area contributed by atoms with Gasteiger partial charge in [0.25, 0.3) is 0 Å². The molecule has 19 heavy (non-hydrogen) atoms. The van der Waals surface area contributed by atoms with Crippen LogP contribution in [-0.2, 0) is 0 Å². The molecule has 2 aromatic carbocycles. The fourth-order valence-corrected chi connectivity index (χ4v) is 2.16. The number of halogens is 2. The lowest BCUT2D eigenvalue weighted by Crippen LogP contribution is -2.13. The van der Waals surface area contributed by atoms with Crippen molar-refractivity contribution in [3.8, 4) is 5.75 Å². The minimum Gasteiger partial charge on any atom is -0.484 e. The second-order valence-corrected chi connectivity index (χ2v) is 4.96. The predicted molar refractivity (Wildman–Crippen MR) is 75.1 cm³/mol. The third kappa shape index (κ3) is 3.41. The summed E-state index contributed by atoms with van der Waals surface area (Å²) in [6.07, 6.45) is 0. The fourth-order valence-electron chi connectivity index (χ4n) is 1.70. The first-order valence-electron chi connectivity index (χ1n) is 5.74. The van der Waals surface area contributed by atoms with Gasteiger partial charge in [-0.15, -0.1) is 0 Å². The first-order chi connectivity index (χ1) is 9.08. The standard InChI is InChI=1S/C15H12BrFO2/c1-10-4-2-3-5-12(10)14(18)9-19-15-7-6-11(17)8-13(15)16/h2-8H,9H2,1H3. The van der Waals surface area contributed by atoms with Crippen LogP contribution in [0.3, 0.4) is 0 Å². The van der Waals surface area contributed by atoms with Crippen molar-refractivity contribution in [2.45, 2.75) is 6.92 Å². The molecule has 0 N–H and O–H groups in total. The van der Waals surface area contributed by atoms with E-state index in [1.54, 1.807) is 6.07 Å². The summed E-state index contributed by atoms with van der Waals surface area (Å²) < 4.78 is 18.8. The first-order valence-corrected chi connectivity index (χ1v) is 6.54. The van der Waals surface area contributed by atoms with Crippen LogP contribution in [0.4, 0.5) is 4.39 Å². The molecule has 0 bridgehead atoms. The molecule has 0 radical (unpaired) electrons. The molecule has 0 fully saturated rings. The van der Waals surface area contributed by atoms with Gasteiger partial charge in [-0.25, -0.2) is 4.39 Å². The molecule has 4 heteroatoms. The van der Waals surface area contributed by atoms with Gasteiger partial charge in [-0.2, -0.15) is 0 Å². The van der Waals surface area contributed by atoms with Crippen LogP contribution < -0.4 is 4.74 Å². The van der Waals surface area contributed by atoms with Crippen molar-refractivity contribution in [3.63, 3.8) is 0 Å². The van der Waals surface area contributed by atoms with Crippen LogP contribution in [0.1, 0.15) is 15.9 Å². The lowest BCUT2D eigenvalue weighted by Gasteiger charge is -2.08. The van der Waals surface area contributed by atoms with Gasteiger partial charge in [-0.3, -0.25) is 4.79 Å². The third-order valence-corrected chi connectivity index (χ3v) is 3.32. The molecule has 0 spiro atoms. The van der Waals surface area contributed by atoms with Gasteiger partial charge >= 0.3 is 0 Å². The zero-order chi connectivity index (χ0) is 13.8. The maximum atomic E-state index is 12.9. The zero-order valence-corrected chi connectivity index (χ0v) is 11.9. The van der Waals surface area contributed by atoms with Crippen molar-refractivity contribution < 1.29 is 13.9 Å². The molecule has 0 saturated heterocycles. The monoisotopic (exact) mass is 322 g/mol. The molecule has 2 aromatic rings. The van der Waals surface area contributed by atoms with Gasteiger partial charge in [0.15, 0.2) is 12.4 Å². The highest BCUT2D eigenvalue weighted by Gasteiger charge is 2.10. The third-order valence-electron chi connectivity index (χ3n) is 2.70. The van der Waals surface area contributed by atoms with Crippen molar-refractivity contribution in [2.75, 3.05) is 6.61 Å². The van der Waals surface area contributed by atoms with Crippen molar-refractivity contribution in [3.05, 3.63) is 63.9 Å². The van der Waals surface area contributed by atoms with Crippen molar-refractivity contribution >= 4 is 21.7 Å². The Hall–Kier alpha value is -1.68. The van der Waals surface area contributed by atoms with E-state index in [1.165, 1.54) is 18.2 Å². The van der Waals surface area contributed by atoms with Crippen molar-refractivity contribution in [1.29, 1.82) is 0 Å². The van der Waals surface area contributed by atoms with Crippen molar-refractivity contribution in [1.82, 2.24) is 0 Å². The van der Waals surface area contributed by atoms with Crippen LogP contribution in [0.5, 0.6) is 5.75 Å². The Bertz CT molecular complexity index is 611. The summed E-state index contributed by atoms with van der Waals surface area (Å²) in [4.78, 5) is 12.0. The smallest absolute Gasteiger partial charge is 0.200 e. The normalized spacial score (nSPS) is 10.3. The second-order valence-electron chi connectivity index (χ2n) is 4.10. The summed E-state index contributed by atoms with van der Waals surface area (Å²) >= 11 is 3.19. The molecule has 98 valence electrons. The summed E-state index contributed by atoms with van der Waals surface area (Å²) in [6, 6.07) is 11.4. The Kier molecular flexibility index (Phi) is 4.32. The van der Waals surface area contributed by atoms with Crippen molar-refractivity contribution in [2.24, 2.45) is 0 Å². The van der Waals surface area contributed by atoms with Gasteiger partial charge in [0.1, 0.15) is 11.6 Å². The van der Waals surface area contributed by atoms with Crippen LogP contribution in [0.25, 0.3) is 0 Å². The molecule has 0 saturated carbocycles. The highest BCUT2D eigenvalue weighted by atomic mass is 79.9. The lowest BCUT2D eigenvalue weighted by molar-refractivity contribution is 0.0920. The second kappa shape index (κ2) is 5.97. The predicted octanol–water partition coefficient (Wildman–Crippen LogP) is 4.16. The van der Waals surface area contributed by atoms with E-state index in [0.717, 1.165) is 5.56 Å². The molecule has 0 aromatic heterocycles. The Morgan fingerprint density at radius 3 is 2.68 bits per heavy atom. The molecule has 0 aliphatic rings. The van der Waals surface area contributed by atoms with Crippen LogP contribution in [0, 0.1) is 12.7 Å². The first kappa shape index (κ1) is 13.7. The summed E-state index contributed by atoms with van der Waals surface area (Å²) in [5.74, 6) is -0.0119. The molecular weight excluding hydrogens is 311 g/mol. The van der Waals surface area contributed by atoms with Gasteiger partial charge in [0.2, 0.25) is 0 Å². The molecule has 2 nitrogen and oxygen atoms in total. The van der Waals surface area contributed by atoms with E-state index < -0.39 is 0 Å². The molecular formula is C15H12BrFO2. The van der Waals surface area contributed by atoms with Crippen LogP contribution in [-0.4, -0.2) is 12.4 Å². The Balaban J connectivity index is 2.07. The lowest BCUT2D eigenvalue weighted by atomic mass is 10.1. The number of aryl methyl sites for hydroxylation is 1. The molecule has 0 unspecified atom stereocenters. The number of benzene rings is 2. The average Bonchev–Trinajstić information content (AvgIpc) is 2.38. The number of ether oxygens (including phenoxy) is 1. The Morgan fingerprint density at radius 2 is 2.00 bits per heavy atom. The fraction of sp³-hybridized carbons (Fsp3) is 0.133. The number of rotatable bonds is 4. The number of hydrogen-bond donors (Lipinski definition) is 0. The number of hydrogen-bond acceptors (Lipinski definition) is 2. The molecule has 2 rings (SSSR count). The Morgan fingerprint density at radius 1 is 1.26 bits per heavy atom. The summed E-state index contributed by atoms with van der Waals surface area (Å²) in [5.41, 5.74) is 1.55. The number of carbonyl (C=O) groups is 1. The quantitative estimate of drug-likeness (QED) is 0.790. The molecule has 0 aliphatic heterocycles. The highest BCUT2D eigenvalue weighted by Crippen LogP contribution is 2.25. The maximum absolute atomic E-state index is 12.9. The minimum absolute atomic E-state index is 0.0743. The van der Waals surface area contributed by atoms with E-state index in [0.29, 0.717) is 15.8 Å². The summed E-state index contributed by atoms with van der Waals surface area (Å²) in [5, 5.41) is 0. The topological polar surface area (TPSA) is 26.3 Å². The number of carbonyl (C=O) groups excluding carboxylic acids is 1. The summed E-state index contributed by atoms with van der Waals surface area (Å²) in [7, 11) is 0. The Labute approximate surface area is 119 Å². The molecule has 0 amide bonds. The van der Waals surface area contributed by atoms with Gasteiger partial charge in [0, 0.05) is 5.56 Å². The van der Waals surface area contributed by atoms with E-state index in [9.17, 15) is 9.18 Å². The number of ketones is 1. The van der Waals surface area contributed by atoms with Crippen LogP contribution in [0.2, 0.25) is 0 Å². The van der Waals surface area contributed by atoms with E-state index in [-0.39, 0.29) is 18.2 Å². The van der Waals surface area contributed by atoms with Gasteiger partial charge in [-0.1, -0.05) is 24.3 Å². The SMILES string of the molecule is Cc1ccccc1C(=O)COc1ccc(F)cc1Br. The van der Waals surface area contributed by atoms with Gasteiger partial charge in [0.05, 0.1) is 4.47 Å². The van der Waals surface area contributed by atoms with Crippen LogP contribution >= 0.6 is 15.9 Å². The van der Waals surface area contributed by atoms with Gasteiger partial charge in [-0.05, 0) is 46.6 Å². The molecule has 0 heterocycles. The zero-order valence-electron chi connectivity index (χ0n) is 10.3.